The van der Waals surface area contributed by atoms with E-state index in [0.29, 0.717) is 22.4 Å². The molecule has 0 radical (unpaired) electrons. The highest BCUT2D eigenvalue weighted by atomic mass is 32.1. The van der Waals surface area contributed by atoms with Crippen molar-refractivity contribution in [2.24, 2.45) is 5.92 Å². The van der Waals surface area contributed by atoms with Crippen LogP contribution >= 0.6 is 11.3 Å². The van der Waals surface area contributed by atoms with Gasteiger partial charge >= 0.3 is 0 Å². The molecule has 0 atom stereocenters. The molecule has 7 heteroatoms. The summed E-state index contributed by atoms with van der Waals surface area (Å²) in [7, 11) is 0. The first kappa shape index (κ1) is 12.9. The number of hydrogen-bond acceptors (Lipinski definition) is 5. The van der Waals surface area contributed by atoms with Gasteiger partial charge in [0, 0.05) is 12.3 Å². The average Bonchev–Trinajstić information content (AvgIpc) is 2.73. The summed E-state index contributed by atoms with van der Waals surface area (Å²) in [5, 5.41) is 15.8. The highest BCUT2D eigenvalue weighted by Crippen LogP contribution is 2.22. The standard InChI is InChI=1S/C11H17N5OS/c1-6(2)5-8(17)12-10-15-16-9(7(3)4)13-14-11(16)18-10/h6-7H,5H2,1-4H3,(H,12,15,17). The quantitative estimate of drug-likeness (QED) is 0.922. The molecule has 0 aromatic carbocycles. The Kier molecular flexibility index (Phi) is 3.60. The summed E-state index contributed by atoms with van der Waals surface area (Å²) in [6.07, 6.45) is 0.497. The molecule has 0 spiro atoms. The van der Waals surface area contributed by atoms with Crippen LogP contribution in [0.1, 0.15) is 45.9 Å². The van der Waals surface area contributed by atoms with Crippen molar-refractivity contribution in [1.82, 2.24) is 19.8 Å². The average molecular weight is 267 g/mol. The van der Waals surface area contributed by atoms with Crippen LogP contribution in [0.4, 0.5) is 5.13 Å². The smallest absolute Gasteiger partial charge is 0.236 e. The summed E-state index contributed by atoms with van der Waals surface area (Å²) in [6, 6.07) is 0. The molecule has 0 saturated carbocycles. The van der Waals surface area contributed by atoms with Gasteiger partial charge in [-0.05, 0) is 5.92 Å². The Morgan fingerprint density at radius 2 is 2.06 bits per heavy atom. The molecule has 2 heterocycles. The summed E-state index contributed by atoms with van der Waals surface area (Å²) < 4.78 is 1.69. The maximum Gasteiger partial charge on any atom is 0.236 e. The number of rotatable bonds is 4. The van der Waals surface area contributed by atoms with E-state index in [-0.39, 0.29) is 11.8 Å². The number of nitrogens with zero attached hydrogens (tertiary/aromatic N) is 4. The van der Waals surface area contributed by atoms with Gasteiger partial charge in [-0.2, -0.15) is 4.52 Å². The molecule has 0 aliphatic rings. The first-order valence-corrected chi connectivity index (χ1v) is 6.81. The Bertz CT molecular complexity index is 557. The minimum Gasteiger partial charge on any atom is -0.301 e. The largest absolute Gasteiger partial charge is 0.301 e. The fourth-order valence-corrected chi connectivity index (χ4v) is 2.35. The van der Waals surface area contributed by atoms with E-state index in [2.05, 4.69) is 20.6 Å². The number of hydrogen-bond donors (Lipinski definition) is 1. The predicted molar refractivity (Wildman–Crippen MR) is 70.8 cm³/mol. The minimum atomic E-state index is -0.0129. The van der Waals surface area contributed by atoms with Crippen LogP contribution in [0.2, 0.25) is 0 Å². The Labute approximate surface area is 109 Å². The third-order valence-corrected chi connectivity index (χ3v) is 3.19. The molecular formula is C11H17N5OS. The molecule has 6 nitrogen and oxygen atoms in total. The van der Waals surface area contributed by atoms with Gasteiger partial charge in [0.05, 0.1) is 0 Å². The highest BCUT2D eigenvalue weighted by molar-refractivity contribution is 7.20. The van der Waals surface area contributed by atoms with Crippen molar-refractivity contribution in [3.05, 3.63) is 5.82 Å². The lowest BCUT2D eigenvalue weighted by Crippen LogP contribution is -2.14. The van der Waals surface area contributed by atoms with E-state index >= 15 is 0 Å². The van der Waals surface area contributed by atoms with Crippen LogP contribution in [0.15, 0.2) is 0 Å². The van der Waals surface area contributed by atoms with Gasteiger partial charge in [-0.1, -0.05) is 39.0 Å². The highest BCUT2D eigenvalue weighted by Gasteiger charge is 2.15. The summed E-state index contributed by atoms with van der Waals surface area (Å²) in [6.45, 7) is 8.09. The molecule has 2 aromatic heterocycles. The third kappa shape index (κ3) is 2.66. The molecule has 98 valence electrons. The lowest BCUT2D eigenvalue weighted by Gasteiger charge is -2.03. The fourth-order valence-electron chi connectivity index (χ4n) is 1.58. The van der Waals surface area contributed by atoms with Gasteiger partial charge in [-0.25, -0.2) is 0 Å². The molecule has 2 aromatic rings. The summed E-state index contributed by atoms with van der Waals surface area (Å²) in [5.74, 6) is 1.38. The van der Waals surface area contributed by atoms with Crippen molar-refractivity contribution in [2.75, 3.05) is 5.32 Å². The van der Waals surface area contributed by atoms with Gasteiger partial charge in [0.15, 0.2) is 5.82 Å². The summed E-state index contributed by atoms with van der Waals surface area (Å²) >= 11 is 1.34. The topological polar surface area (TPSA) is 72.2 Å². The number of anilines is 1. The number of carbonyl (C=O) groups excluding carboxylic acids is 1. The fraction of sp³-hybridized carbons (Fsp3) is 0.636. The number of nitrogens with one attached hydrogen (secondary N) is 1. The molecule has 1 amide bonds. The predicted octanol–water partition coefficient (Wildman–Crippen LogP) is 2.29. The van der Waals surface area contributed by atoms with Gasteiger partial charge in [0.1, 0.15) is 0 Å². The summed E-state index contributed by atoms with van der Waals surface area (Å²) in [4.78, 5) is 12.4. The first-order valence-electron chi connectivity index (χ1n) is 5.99. The molecule has 18 heavy (non-hydrogen) atoms. The van der Waals surface area contributed by atoms with Crippen molar-refractivity contribution in [3.63, 3.8) is 0 Å². The van der Waals surface area contributed by atoms with Crippen LogP contribution in [-0.4, -0.2) is 25.7 Å². The molecule has 0 unspecified atom stereocenters. The Hall–Kier alpha value is -1.50. The normalized spacial score (nSPS) is 11.7. The van der Waals surface area contributed by atoms with Gasteiger partial charge in [0.2, 0.25) is 16.0 Å². The van der Waals surface area contributed by atoms with E-state index in [0.717, 1.165) is 5.82 Å². The molecule has 0 saturated heterocycles. The van der Waals surface area contributed by atoms with Gasteiger partial charge in [-0.15, -0.1) is 15.3 Å². The van der Waals surface area contributed by atoms with E-state index in [1.807, 2.05) is 27.7 Å². The van der Waals surface area contributed by atoms with Crippen LogP contribution < -0.4 is 5.32 Å². The Balaban J connectivity index is 2.18. The van der Waals surface area contributed by atoms with Crippen LogP contribution in [0, 0.1) is 5.92 Å². The zero-order valence-electron chi connectivity index (χ0n) is 11.0. The second-order valence-electron chi connectivity index (χ2n) is 4.96. The molecule has 0 bridgehead atoms. The molecule has 0 aliphatic heterocycles. The van der Waals surface area contributed by atoms with Gasteiger partial charge in [-0.3, -0.25) is 4.79 Å². The number of amides is 1. The minimum absolute atomic E-state index is 0.0129. The van der Waals surface area contributed by atoms with Gasteiger partial charge in [0.25, 0.3) is 0 Å². The van der Waals surface area contributed by atoms with E-state index in [1.54, 1.807) is 4.52 Å². The zero-order valence-corrected chi connectivity index (χ0v) is 11.8. The second-order valence-corrected chi connectivity index (χ2v) is 5.92. The molecule has 1 N–H and O–H groups in total. The lowest BCUT2D eigenvalue weighted by molar-refractivity contribution is -0.116. The van der Waals surface area contributed by atoms with Crippen LogP contribution in [-0.2, 0) is 4.79 Å². The SMILES string of the molecule is CC(C)CC(=O)Nc1nn2c(C(C)C)nnc2s1. The molecular weight excluding hydrogens is 250 g/mol. The zero-order chi connectivity index (χ0) is 13.3. The molecule has 0 aliphatic carbocycles. The van der Waals surface area contributed by atoms with Gasteiger partial charge < -0.3 is 5.32 Å². The maximum atomic E-state index is 11.7. The van der Waals surface area contributed by atoms with E-state index in [1.165, 1.54) is 11.3 Å². The monoisotopic (exact) mass is 267 g/mol. The van der Waals surface area contributed by atoms with Crippen LogP contribution in [0.25, 0.3) is 4.96 Å². The summed E-state index contributed by atoms with van der Waals surface area (Å²) in [5.41, 5.74) is 0. The van der Waals surface area contributed by atoms with Crippen LogP contribution in [0.5, 0.6) is 0 Å². The van der Waals surface area contributed by atoms with Crippen molar-refractivity contribution in [1.29, 1.82) is 0 Å². The number of fused-ring (bicyclic) bond motifs is 1. The van der Waals surface area contributed by atoms with E-state index in [4.69, 9.17) is 0 Å². The maximum absolute atomic E-state index is 11.7. The first-order chi connectivity index (χ1) is 8.47. The van der Waals surface area contributed by atoms with Crippen molar-refractivity contribution < 1.29 is 4.79 Å². The molecule has 2 rings (SSSR count). The van der Waals surface area contributed by atoms with Crippen molar-refractivity contribution >= 4 is 27.3 Å². The number of aromatic nitrogens is 4. The van der Waals surface area contributed by atoms with Crippen LogP contribution in [0.3, 0.4) is 0 Å². The second kappa shape index (κ2) is 5.01. The Morgan fingerprint density at radius 1 is 1.33 bits per heavy atom. The van der Waals surface area contributed by atoms with Crippen molar-refractivity contribution in [2.45, 2.75) is 40.0 Å². The third-order valence-electron chi connectivity index (χ3n) is 2.37. The number of carbonyl (C=O) groups is 1. The van der Waals surface area contributed by atoms with Crippen molar-refractivity contribution in [3.8, 4) is 0 Å². The Morgan fingerprint density at radius 3 is 2.67 bits per heavy atom. The lowest BCUT2D eigenvalue weighted by atomic mass is 10.1. The molecule has 0 fully saturated rings. The van der Waals surface area contributed by atoms with E-state index < -0.39 is 0 Å². The van der Waals surface area contributed by atoms with E-state index in [9.17, 15) is 4.79 Å².